The van der Waals surface area contributed by atoms with Crippen LogP contribution >= 0.6 is 0 Å². The third kappa shape index (κ3) is 5.89. The van der Waals surface area contributed by atoms with Gasteiger partial charge in [0, 0.05) is 37.6 Å². The van der Waals surface area contributed by atoms with Crippen LogP contribution in [0.25, 0.3) is 33.5 Å². The zero-order chi connectivity index (χ0) is 31.8. The number of nitrogens with zero attached hydrogens (tertiary/aromatic N) is 6. The molecule has 10 heteroatoms. The van der Waals surface area contributed by atoms with E-state index in [1.54, 1.807) is 0 Å². The largest absolute Gasteiger partial charge is 0.337 e. The highest BCUT2D eigenvalue weighted by Crippen LogP contribution is 2.28. The van der Waals surface area contributed by atoms with E-state index in [9.17, 15) is 14.0 Å². The molecule has 0 unspecified atom stereocenters. The Hall–Kier alpha value is -4.93. The lowest BCUT2D eigenvalue weighted by molar-refractivity contribution is 0.279. The molecule has 0 aliphatic heterocycles. The van der Waals surface area contributed by atoms with Gasteiger partial charge in [-0.05, 0) is 86.8 Å². The maximum absolute atomic E-state index is 14.5. The summed E-state index contributed by atoms with van der Waals surface area (Å²) in [5.74, 6) is -0.618. The second-order valence-electron chi connectivity index (χ2n) is 12.4. The van der Waals surface area contributed by atoms with Crippen LogP contribution in [0.15, 0.2) is 101 Å². The van der Waals surface area contributed by atoms with Crippen molar-refractivity contribution in [3.05, 3.63) is 129 Å². The molecule has 0 saturated heterocycles. The quantitative estimate of drug-likeness (QED) is 0.248. The van der Waals surface area contributed by atoms with E-state index >= 15 is 0 Å². The van der Waals surface area contributed by atoms with Gasteiger partial charge in [0.1, 0.15) is 11.5 Å². The van der Waals surface area contributed by atoms with Gasteiger partial charge in [-0.1, -0.05) is 42.5 Å². The molecule has 46 heavy (non-hydrogen) atoms. The highest BCUT2D eigenvalue weighted by Gasteiger charge is 2.27. The first-order chi connectivity index (χ1) is 22.3. The van der Waals surface area contributed by atoms with E-state index in [1.165, 1.54) is 20.8 Å². The Balaban J connectivity index is 1.17. The molecule has 1 aliphatic rings. The van der Waals surface area contributed by atoms with Crippen LogP contribution in [-0.2, 0) is 13.1 Å². The van der Waals surface area contributed by atoms with Crippen LogP contribution in [0.4, 0.5) is 4.39 Å². The molecule has 4 heterocycles. The van der Waals surface area contributed by atoms with Crippen LogP contribution < -0.4 is 16.6 Å². The molecule has 1 saturated carbocycles. The van der Waals surface area contributed by atoms with E-state index in [0.717, 1.165) is 48.1 Å². The van der Waals surface area contributed by atoms with Crippen molar-refractivity contribution < 1.29 is 4.39 Å². The summed E-state index contributed by atoms with van der Waals surface area (Å²) in [5.41, 5.74) is 4.75. The number of halogens is 1. The molecule has 0 amide bonds. The van der Waals surface area contributed by atoms with Gasteiger partial charge in [0.15, 0.2) is 5.65 Å². The molecule has 0 spiro atoms. The van der Waals surface area contributed by atoms with Gasteiger partial charge in [-0.25, -0.2) is 23.7 Å². The molecule has 6 aromatic rings. The van der Waals surface area contributed by atoms with Crippen LogP contribution in [0.3, 0.4) is 0 Å². The van der Waals surface area contributed by atoms with Crippen LogP contribution in [0.2, 0.25) is 0 Å². The summed E-state index contributed by atoms with van der Waals surface area (Å²) in [6.45, 7) is 1.48. The minimum atomic E-state index is -0.618. The monoisotopic (exact) mass is 617 g/mol. The second-order valence-corrected chi connectivity index (χ2v) is 12.4. The first kappa shape index (κ1) is 29.8. The SMILES string of the molecule is CN(C)Cc1ccc(-c2cccc(-n3c(=O)n([C@H]4CC[C@@H](NCc5cn6ccccc6n5)CC4)c(=O)c4cc(F)cnc43)c2)cc1. The molecule has 9 nitrogen and oxygen atoms in total. The Labute approximate surface area is 265 Å². The summed E-state index contributed by atoms with van der Waals surface area (Å²) in [6, 6.07) is 23.0. The topological polar surface area (TPSA) is 89.5 Å². The standard InChI is InChI=1S/C36H36FN7O2/c1-41(2)22-24-9-11-25(12-10-24)26-6-5-7-31(18-26)43-34-32(19-27(37)20-39-34)35(45)44(36(43)46)30-15-13-28(14-16-30)38-21-29-23-42-17-4-3-8-33(42)40-29/h3-12,17-20,23,28,30,38H,13-16,21-22H2,1-2H3/t28-,30+. The number of pyridine rings is 2. The lowest BCUT2D eigenvalue weighted by Crippen LogP contribution is -2.44. The summed E-state index contributed by atoms with van der Waals surface area (Å²) in [4.78, 5) is 39.0. The molecule has 0 bridgehead atoms. The van der Waals surface area contributed by atoms with E-state index in [2.05, 4.69) is 44.5 Å². The average molecular weight is 618 g/mol. The van der Waals surface area contributed by atoms with Gasteiger partial charge < -0.3 is 14.6 Å². The van der Waals surface area contributed by atoms with Crippen molar-refractivity contribution in [2.24, 2.45) is 0 Å². The molecule has 1 N–H and O–H groups in total. The number of nitrogens with one attached hydrogen (secondary N) is 1. The van der Waals surface area contributed by atoms with Crippen molar-refractivity contribution in [3.63, 3.8) is 0 Å². The fraction of sp³-hybridized carbons (Fsp3) is 0.278. The Morgan fingerprint density at radius 2 is 1.74 bits per heavy atom. The number of imidazole rings is 1. The number of benzene rings is 2. The first-order valence-corrected chi connectivity index (χ1v) is 15.7. The first-order valence-electron chi connectivity index (χ1n) is 15.7. The van der Waals surface area contributed by atoms with Crippen molar-refractivity contribution in [1.82, 2.24) is 33.7 Å². The van der Waals surface area contributed by atoms with Gasteiger partial charge in [0.05, 0.1) is 23.0 Å². The van der Waals surface area contributed by atoms with E-state index in [4.69, 9.17) is 0 Å². The minimum Gasteiger partial charge on any atom is -0.308 e. The molecule has 2 aromatic carbocycles. The lowest BCUT2D eigenvalue weighted by atomic mass is 9.91. The molecule has 1 aliphatic carbocycles. The maximum Gasteiger partial charge on any atom is 0.337 e. The summed E-state index contributed by atoms with van der Waals surface area (Å²) >= 11 is 0. The van der Waals surface area contributed by atoms with Crippen molar-refractivity contribution in [3.8, 4) is 16.8 Å². The highest BCUT2D eigenvalue weighted by molar-refractivity contribution is 5.76. The fourth-order valence-electron chi connectivity index (χ4n) is 6.59. The third-order valence-electron chi connectivity index (χ3n) is 8.83. The van der Waals surface area contributed by atoms with Crippen molar-refractivity contribution in [2.75, 3.05) is 14.1 Å². The Kier molecular flexibility index (Phi) is 8.06. The van der Waals surface area contributed by atoms with Gasteiger partial charge in [-0.2, -0.15) is 0 Å². The number of aromatic nitrogens is 5. The van der Waals surface area contributed by atoms with Crippen LogP contribution in [0, 0.1) is 5.82 Å². The van der Waals surface area contributed by atoms with E-state index in [1.807, 2.05) is 73.4 Å². The number of rotatable bonds is 8. The molecule has 1 fully saturated rings. The third-order valence-corrected chi connectivity index (χ3v) is 8.83. The normalized spacial score (nSPS) is 16.9. The Morgan fingerprint density at radius 3 is 2.50 bits per heavy atom. The van der Waals surface area contributed by atoms with Crippen molar-refractivity contribution in [1.29, 1.82) is 0 Å². The highest BCUT2D eigenvalue weighted by atomic mass is 19.1. The lowest BCUT2D eigenvalue weighted by Gasteiger charge is -2.30. The summed E-state index contributed by atoms with van der Waals surface area (Å²) < 4.78 is 19.2. The molecular weight excluding hydrogens is 581 g/mol. The van der Waals surface area contributed by atoms with Crippen molar-refractivity contribution >= 4 is 16.7 Å². The predicted molar refractivity (Wildman–Crippen MR) is 178 cm³/mol. The summed E-state index contributed by atoms with van der Waals surface area (Å²) in [6.07, 6.45) is 7.93. The molecule has 0 atom stereocenters. The molecule has 4 aromatic heterocycles. The van der Waals surface area contributed by atoms with Crippen LogP contribution in [0.1, 0.15) is 43.0 Å². The minimum absolute atomic E-state index is 0.0881. The maximum atomic E-state index is 14.5. The zero-order valence-electron chi connectivity index (χ0n) is 25.9. The van der Waals surface area contributed by atoms with E-state index in [-0.39, 0.29) is 23.1 Å². The number of hydrogen-bond acceptors (Lipinski definition) is 6. The molecule has 234 valence electrons. The van der Waals surface area contributed by atoms with Crippen LogP contribution in [0.5, 0.6) is 0 Å². The Bertz CT molecular complexity index is 2110. The molecule has 0 radical (unpaired) electrons. The predicted octanol–water partition coefficient (Wildman–Crippen LogP) is 5.34. The molecule has 7 rings (SSSR count). The number of fused-ring (bicyclic) bond motifs is 2. The molecular formula is C36H36FN7O2. The summed E-state index contributed by atoms with van der Waals surface area (Å²) in [5, 5.41) is 3.69. The fourth-order valence-corrected chi connectivity index (χ4v) is 6.59. The average Bonchev–Trinajstić information content (AvgIpc) is 3.48. The van der Waals surface area contributed by atoms with Gasteiger partial charge in [-0.15, -0.1) is 0 Å². The zero-order valence-corrected chi connectivity index (χ0v) is 25.9. The second kappa shape index (κ2) is 12.5. The van der Waals surface area contributed by atoms with Gasteiger partial charge >= 0.3 is 5.69 Å². The van der Waals surface area contributed by atoms with Crippen LogP contribution in [-0.4, -0.2) is 48.5 Å². The van der Waals surface area contributed by atoms with Gasteiger partial charge in [-0.3, -0.25) is 9.36 Å². The van der Waals surface area contributed by atoms with E-state index < -0.39 is 17.1 Å². The smallest absolute Gasteiger partial charge is 0.308 e. The van der Waals surface area contributed by atoms with E-state index in [0.29, 0.717) is 25.1 Å². The van der Waals surface area contributed by atoms with Gasteiger partial charge in [0.25, 0.3) is 5.56 Å². The van der Waals surface area contributed by atoms with Gasteiger partial charge in [0.2, 0.25) is 0 Å². The van der Waals surface area contributed by atoms with Crippen molar-refractivity contribution in [2.45, 2.75) is 50.9 Å². The Morgan fingerprint density at radius 1 is 0.935 bits per heavy atom. The summed E-state index contributed by atoms with van der Waals surface area (Å²) in [7, 11) is 4.07. The number of hydrogen-bond donors (Lipinski definition) is 1.